The van der Waals surface area contributed by atoms with Gasteiger partial charge < -0.3 is 15.4 Å². The molecule has 0 spiro atoms. The van der Waals surface area contributed by atoms with Crippen LogP contribution in [0.25, 0.3) is 0 Å². The number of urea groups is 1. The van der Waals surface area contributed by atoms with Crippen LogP contribution in [0, 0.1) is 13.8 Å². The average molecular weight is 286 g/mol. The van der Waals surface area contributed by atoms with Gasteiger partial charge in [0.25, 0.3) is 0 Å². The number of nitrogens with one attached hydrogen (secondary N) is 2. The fourth-order valence-electron chi connectivity index (χ4n) is 1.82. The molecule has 0 aliphatic heterocycles. The Morgan fingerprint density at radius 3 is 2.52 bits per heavy atom. The number of carbonyl (C=O) groups excluding carboxylic acids is 1. The molecule has 0 radical (unpaired) electrons. The molecule has 1 aromatic carbocycles. The van der Waals surface area contributed by atoms with E-state index in [4.69, 9.17) is 4.74 Å². The van der Waals surface area contributed by atoms with Crippen LogP contribution in [0.2, 0.25) is 0 Å². The zero-order chi connectivity index (χ0) is 15.2. The Balaban J connectivity index is 1.98. The van der Waals surface area contributed by atoms with E-state index >= 15 is 0 Å². The number of aryl methyl sites for hydroxylation is 2. The summed E-state index contributed by atoms with van der Waals surface area (Å²) in [5, 5.41) is 5.46. The number of carbonyl (C=O) groups is 1. The van der Waals surface area contributed by atoms with E-state index in [1.54, 1.807) is 0 Å². The fourth-order valence-corrected chi connectivity index (χ4v) is 1.82. The molecule has 110 valence electrons. The van der Waals surface area contributed by atoms with Crippen LogP contribution < -0.4 is 15.4 Å². The molecule has 0 aliphatic rings. The summed E-state index contributed by atoms with van der Waals surface area (Å²) in [6.07, 6.45) is 3.00. The third kappa shape index (κ3) is 4.17. The standard InChI is InChI=1S/C15H18N4O2/c1-4-21-15-16-8-12(9-17-15)18-14(20)19-13-6-5-10(2)7-11(13)3/h5-9H,4H2,1-3H3,(H2,18,19,20). The maximum Gasteiger partial charge on any atom is 0.323 e. The topological polar surface area (TPSA) is 76.1 Å². The Morgan fingerprint density at radius 1 is 1.19 bits per heavy atom. The highest BCUT2D eigenvalue weighted by molar-refractivity contribution is 6.00. The van der Waals surface area contributed by atoms with Crippen molar-refractivity contribution in [2.24, 2.45) is 0 Å². The Labute approximate surface area is 123 Å². The summed E-state index contributed by atoms with van der Waals surface area (Å²) < 4.78 is 5.14. The van der Waals surface area contributed by atoms with Gasteiger partial charge in [-0.15, -0.1) is 0 Å². The van der Waals surface area contributed by atoms with Gasteiger partial charge >= 0.3 is 12.0 Å². The van der Waals surface area contributed by atoms with Crippen LogP contribution in [0.3, 0.4) is 0 Å². The number of benzene rings is 1. The van der Waals surface area contributed by atoms with Gasteiger partial charge in [-0.1, -0.05) is 17.7 Å². The van der Waals surface area contributed by atoms with Crippen molar-refractivity contribution in [2.45, 2.75) is 20.8 Å². The van der Waals surface area contributed by atoms with Crippen molar-refractivity contribution in [3.05, 3.63) is 41.7 Å². The molecule has 21 heavy (non-hydrogen) atoms. The molecule has 6 heteroatoms. The molecule has 0 unspecified atom stereocenters. The van der Waals surface area contributed by atoms with Crippen molar-refractivity contribution in [3.8, 4) is 6.01 Å². The number of hydrogen-bond acceptors (Lipinski definition) is 4. The number of ether oxygens (including phenoxy) is 1. The molecule has 0 atom stereocenters. The van der Waals surface area contributed by atoms with Crippen molar-refractivity contribution in [1.82, 2.24) is 9.97 Å². The number of aromatic nitrogens is 2. The number of amides is 2. The van der Waals surface area contributed by atoms with Crippen LogP contribution in [0.4, 0.5) is 16.2 Å². The monoisotopic (exact) mass is 286 g/mol. The maximum absolute atomic E-state index is 11.9. The minimum atomic E-state index is -0.338. The highest BCUT2D eigenvalue weighted by Crippen LogP contribution is 2.16. The summed E-state index contributed by atoms with van der Waals surface area (Å²) in [7, 11) is 0. The van der Waals surface area contributed by atoms with Gasteiger partial charge in [-0.3, -0.25) is 0 Å². The summed E-state index contributed by atoms with van der Waals surface area (Å²) >= 11 is 0. The largest absolute Gasteiger partial charge is 0.464 e. The van der Waals surface area contributed by atoms with E-state index in [0.29, 0.717) is 12.3 Å². The van der Waals surface area contributed by atoms with Gasteiger partial charge in [0.15, 0.2) is 0 Å². The second kappa shape index (κ2) is 6.69. The maximum atomic E-state index is 11.9. The van der Waals surface area contributed by atoms with Crippen LogP contribution in [-0.2, 0) is 0 Å². The molecule has 1 heterocycles. The van der Waals surface area contributed by atoms with Crippen molar-refractivity contribution in [1.29, 1.82) is 0 Å². The molecule has 0 fully saturated rings. The predicted molar refractivity (Wildman–Crippen MR) is 81.8 cm³/mol. The quantitative estimate of drug-likeness (QED) is 0.905. The number of hydrogen-bond donors (Lipinski definition) is 2. The van der Waals surface area contributed by atoms with E-state index in [2.05, 4.69) is 20.6 Å². The smallest absolute Gasteiger partial charge is 0.323 e. The SMILES string of the molecule is CCOc1ncc(NC(=O)Nc2ccc(C)cc2C)cn1. The lowest BCUT2D eigenvalue weighted by molar-refractivity contribution is 0.262. The number of rotatable bonds is 4. The summed E-state index contributed by atoms with van der Waals surface area (Å²) in [6, 6.07) is 5.78. The molecular formula is C15H18N4O2. The van der Waals surface area contributed by atoms with Crippen molar-refractivity contribution in [3.63, 3.8) is 0 Å². The first-order valence-corrected chi connectivity index (χ1v) is 6.68. The van der Waals surface area contributed by atoms with E-state index in [-0.39, 0.29) is 12.0 Å². The van der Waals surface area contributed by atoms with E-state index in [1.807, 2.05) is 39.0 Å². The highest BCUT2D eigenvalue weighted by atomic mass is 16.5. The van der Waals surface area contributed by atoms with Crippen molar-refractivity contribution >= 4 is 17.4 Å². The first-order chi connectivity index (χ1) is 10.1. The molecule has 1 aromatic heterocycles. The molecule has 6 nitrogen and oxygen atoms in total. The second-order valence-electron chi connectivity index (χ2n) is 4.58. The van der Waals surface area contributed by atoms with Gasteiger partial charge in [0.2, 0.25) is 0 Å². The zero-order valence-electron chi connectivity index (χ0n) is 12.3. The summed E-state index contributed by atoms with van der Waals surface area (Å²) in [5.74, 6) is 0. The number of nitrogens with zero attached hydrogens (tertiary/aromatic N) is 2. The van der Waals surface area contributed by atoms with Crippen LogP contribution in [0.1, 0.15) is 18.1 Å². The van der Waals surface area contributed by atoms with Crippen LogP contribution in [-0.4, -0.2) is 22.6 Å². The molecule has 0 aliphatic carbocycles. The zero-order valence-corrected chi connectivity index (χ0v) is 12.3. The number of anilines is 2. The van der Waals surface area contributed by atoms with E-state index < -0.39 is 0 Å². The summed E-state index contributed by atoms with van der Waals surface area (Å²) in [4.78, 5) is 19.9. The van der Waals surface area contributed by atoms with Gasteiger partial charge in [0, 0.05) is 5.69 Å². The second-order valence-corrected chi connectivity index (χ2v) is 4.58. The minimum Gasteiger partial charge on any atom is -0.464 e. The third-order valence-corrected chi connectivity index (χ3v) is 2.79. The van der Waals surface area contributed by atoms with Crippen molar-refractivity contribution < 1.29 is 9.53 Å². The lowest BCUT2D eigenvalue weighted by Gasteiger charge is -2.10. The van der Waals surface area contributed by atoms with Gasteiger partial charge in [0.05, 0.1) is 24.7 Å². The molecule has 2 amide bonds. The fraction of sp³-hybridized carbons (Fsp3) is 0.267. The van der Waals surface area contributed by atoms with Crippen LogP contribution in [0.5, 0.6) is 6.01 Å². The Bertz CT molecular complexity index is 626. The van der Waals surface area contributed by atoms with Crippen LogP contribution in [0.15, 0.2) is 30.6 Å². The predicted octanol–water partition coefficient (Wildman–Crippen LogP) is 3.14. The summed E-state index contributed by atoms with van der Waals surface area (Å²) in [5.41, 5.74) is 3.43. The van der Waals surface area contributed by atoms with Gasteiger partial charge in [0.1, 0.15) is 0 Å². The lowest BCUT2D eigenvalue weighted by atomic mass is 10.1. The third-order valence-electron chi connectivity index (χ3n) is 2.79. The van der Waals surface area contributed by atoms with Gasteiger partial charge in [-0.25, -0.2) is 14.8 Å². The van der Waals surface area contributed by atoms with E-state index in [0.717, 1.165) is 16.8 Å². The first-order valence-electron chi connectivity index (χ1n) is 6.68. The normalized spacial score (nSPS) is 10.0. The molecule has 0 saturated heterocycles. The highest BCUT2D eigenvalue weighted by Gasteiger charge is 2.06. The Kier molecular flexibility index (Phi) is 4.71. The van der Waals surface area contributed by atoms with Gasteiger partial charge in [-0.05, 0) is 32.4 Å². The molecule has 2 rings (SSSR count). The molecule has 2 N–H and O–H groups in total. The molecular weight excluding hydrogens is 268 g/mol. The first kappa shape index (κ1) is 14.8. The van der Waals surface area contributed by atoms with Crippen LogP contribution >= 0.6 is 0 Å². The average Bonchev–Trinajstić information content (AvgIpc) is 2.44. The molecule has 0 bridgehead atoms. The molecule has 0 saturated carbocycles. The Morgan fingerprint density at radius 2 is 1.90 bits per heavy atom. The van der Waals surface area contributed by atoms with Gasteiger partial charge in [-0.2, -0.15) is 0 Å². The van der Waals surface area contributed by atoms with Crippen molar-refractivity contribution in [2.75, 3.05) is 17.2 Å². The van der Waals surface area contributed by atoms with E-state index in [9.17, 15) is 4.79 Å². The Hall–Kier alpha value is -2.63. The van der Waals surface area contributed by atoms with E-state index in [1.165, 1.54) is 12.4 Å². The summed E-state index contributed by atoms with van der Waals surface area (Å²) in [6.45, 7) is 6.31. The lowest BCUT2D eigenvalue weighted by Crippen LogP contribution is -2.20. The minimum absolute atomic E-state index is 0.290. The molecule has 2 aromatic rings.